The van der Waals surface area contributed by atoms with Crippen molar-refractivity contribution in [1.82, 2.24) is 15.1 Å². The molecule has 3 heteroatoms. The van der Waals surface area contributed by atoms with Crippen LogP contribution in [0.25, 0.3) is 0 Å². The van der Waals surface area contributed by atoms with Crippen LogP contribution >= 0.6 is 0 Å². The van der Waals surface area contributed by atoms with Gasteiger partial charge in [0.15, 0.2) is 0 Å². The molecule has 3 nitrogen and oxygen atoms in total. The Bertz CT molecular complexity index is 290. The van der Waals surface area contributed by atoms with Gasteiger partial charge in [-0.15, -0.1) is 0 Å². The van der Waals surface area contributed by atoms with Crippen molar-refractivity contribution in [2.75, 3.05) is 13.6 Å². The molecule has 1 N–H and O–H groups in total. The highest BCUT2D eigenvalue weighted by Gasteiger charge is 1.87. The fourth-order valence-corrected chi connectivity index (χ4v) is 0.838. The Kier molecular flexibility index (Phi) is 3.36. The summed E-state index contributed by atoms with van der Waals surface area (Å²) in [6.45, 7) is 0.938. The Morgan fingerprint density at radius 3 is 3.08 bits per heavy atom. The molecule has 1 heterocycles. The van der Waals surface area contributed by atoms with Crippen molar-refractivity contribution in [3.05, 3.63) is 18.0 Å². The molecule has 0 amide bonds. The predicted octanol–water partition coefficient (Wildman–Crippen LogP) is 0.381. The van der Waals surface area contributed by atoms with E-state index in [1.807, 2.05) is 20.3 Å². The monoisotopic (exact) mass is 163 g/mol. The van der Waals surface area contributed by atoms with E-state index in [4.69, 9.17) is 0 Å². The number of aromatic nitrogens is 2. The van der Waals surface area contributed by atoms with Crippen molar-refractivity contribution < 1.29 is 0 Å². The smallest absolute Gasteiger partial charge is 0.0646 e. The van der Waals surface area contributed by atoms with Gasteiger partial charge in [0.2, 0.25) is 0 Å². The van der Waals surface area contributed by atoms with Crippen LogP contribution in [0.5, 0.6) is 0 Å². The van der Waals surface area contributed by atoms with Crippen LogP contribution < -0.4 is 5.32 Å². The summed E-state index contributed by atoms with van der Waals surface area (Å²) in [6.07, 6.45) is 4.56. The second kappa shape index (κ2) is 4.58. The topological polar surface area (TPSA) is 29.9 Å². The molecule has 0 saturated heterocycles. The number of nitrogens with one attached hydrogen (secondary N) is 1. The molecule has 0 aliphatic heterocycles. The van der Waals surface area contributed by atoms with Crippen LogP contribution in [0.15, 0.2) is 12.4 Å². The maximum atomic E-state index is 4.01. The summed E-state index contributed by atoms with van der Waals surface area (Å²) < 4.78 is 1.75. The molecule has 1 aromatic heterocycles. The standard InChI is InChI=1S/C9H13N3/c1-10-6-4-3-5-9-7-11-12(2)8-9/h7-8,10H,4,6H2,1-2H3. The lowest BCUT2D eigenvalue weighted by Gasteiger charge is -1.86. The maximum Gasteiger partial charge on any atom is 0.0646 e. The third-order valence-corrected chi connectivity index (χ3v) is 1.44. The molecule has 12 heavy (non-hydrogen) atoms. The molecule has 0 spiro atoms. The van der Waals surface area contributed by atoms with Crippen LogP contribution in [0, 0.1) is 11.8 Å². The first-order valence-electron chi connectivity index (χ1n) is 3.95. The van der Waals surface area contributed by atoms with Gasteiger partial charge in [0, 0.05) is 26.2 Å². The largest absolute Gasteiger partial charge is 0.319 e. The van der Waals surface area contributed by atoms with Gasteiger partial charge < -0.3 is 5.32 Å². The van der Waals surface area contributed by atoms with E-state index >= 15 is 0 Å². The summed E-state index contributed by atoms with van der Waals surface area (Å²) in [5.41, 5.74) is 0.980. The van der Waals surface area contributed by atoms with Gasteiger partial charge in [-0.25, -0.2) is 0 Å². The molecule has 0 atom stereocenters. The zero-order chi connectivity index (χ0) is 8.81. The van der Waals surface area contributed by atoms with Crippen molar-refractivity contribution in [3.63, 3.8) is 0 Å². The number of hydrogen-bond donors (Lipinski definition) is 1. The van der Waals surface area contributed by atoms with Gasteiger partial charge in [-0.1, -0.05) is 11.8 Å². The second-order valence-corrected chi connectivity index (χ2v) is 2.56. The summed E-state index contributed by atoms with van der Waals surface area (Å²) in [4.78, 5) is 0. The first-order chi connectivity index (χ1) is 5.83. The van der Waals surface area contributed by atoms with Crippen molar-refractivity contribution in [2.45, 2.75) is 6.42 Å². The van der Waals surface area contributed by atoms with E-state index in [1.165, 1.54) is 0 Å². The lowest BCUT2D eigenvalue weighted by atomic mass is 10.3. The molecule has 0 aliphatic carbocycles. The van der Waals surface area contributed by atoms with E-state index in [-0.39, 0.29) is 0 Å². The van der Waals surface area contributed by atoms with Crippen LogP contribution in [-0.2, 0) is 7.05 Å². The minimum absolute atomic E-state index is 0.880. The van der Waals surface area contributed by atoms with Crippen LogP contribution in [0.1, 0.15) is 12.0 Å². The van der Waals surface area contributed by atoms with Crippen molar-refractivity contribution in [3.8, 4) is 11.8 Å². The average Bonchev–Trinajstić information content (AvgIpc) is 2.45. The summed E-state index contributed by atoms with van der Waals surface area (Å²) in [5.74, 6) is 6.08. The van der Waals surface area contributed by atoms with E-state index in [0.717, 1.165) is 18.5 Å². The maximum absolute atomic E-state index is 4.01. The van der Waals surface area contributed by atoms with Gasteiger partial charge in [-0.3, -0.25) is 4.68 Å². The average molecular weight is 163 g/mol. The SMILES string of the molecule is CNCCC#Cc1cnn(C)c1. The quantitative estimate of drug-likeness (QED) is 0.504. The molecular formula is C9H13N3. The van der Waals surface area contributed by atoms with E-state index in [0.29, 0.717) is 0 Å². The zero-order valence-electron chi connectivity index (χ0n) is 7.46. The van der Waals surface area contributed by atoms with Gasteiger partial charge in [-0.05, 0) is 7.05 Å². The summed E-state index contributed by atoms with van der Waals surface area (Å²) >= 11 is 0. The molecule has 0 fully saturated rings. The number of nitrogens with zero attached hydrogens (tertiary/aromatic N) is 2. The molecular weight excluding hydrogens is 150 g/mol. The van der Waals surface area contributed by atoms with Gasteiger partial charge in [0.1, 0.15) is 0 Å². The Balaban J connectivity index is 2.43. The van der Waals surface area contributed by atoms with E-state index < -0.39 is 0 Å². The minimum atomic E-state index is 0.880. The lowest BCUT2D eigenvalue weighted by molar-refractivity contribution is 0.767. The normalized spacial score (nSPS) is 9.17. The summed E-state index contributed by atoms with van der Waals surface area (Å²) in [6, 6.07) is 0. The van der Waals surface area contributed by atoms with E-state index in [1.54, 1.807) is 10.9 Å². The van der Waals surface area contributed by atoms with Crippen LogP contribution in [0.4, 0.5) is 0 Å². The molecule has 0 unspecified atom stereocenters. The third-order valence-electron chi connectivity index (χ3n) is 1.44. The van der Waals surface area contributed by atoms with Crippen molar-refractivity contribution in [1.29, 1.82) is 0 Å². The van der Waals surface area contributed by atoms with Crippen molar-refractivity contribution >= 4 is 0 Å². The molecule has 0 radical (unpaired) electrons. The van der Waals surface area contributed by atoms with Crippen LogP contribution in [0.3, 0.4) is 0 Å². The van der Waals surface area contributed by atoms with Gasteiger partial charge >= 0.3 is 0 Å². The molecule has 1 rings (SSSR count). The van der Waals surface area contributed by atoms with Gasteiger partial charge in [-0.2, -0.15) is 5.10 Å². The molecule has 0 saturated carbocycles. The molecule has 64 valence electrons. The molecule has 0 bridgehead atoms. The van der Waals surface area contributed by atoms with E-state index in [9.17, 15) is 0 Å². The Morgan fingerprint density at radius 2 is 2.50 bits per heavy atom. The first kappa shape index (κ1) is 8.82. The number of aryl methyl sites for hydroxylation is 1. The third kappa shape index (κ3) is 2.77. The number of hydrogen-bond acceptors (Lipinski definition) is 2. The Hall–Kier alpha value is -1.27. The molecule has 0 aliphatic rings. The van der Waals surface area contributed by atoms with E-state index in [2.05, 4.69) is 22.3 Å². The minimum Gasteiger partial charge on any atom is -0.319 e. The highest BCUT2D eigenvalue weighted by Crippen LogP contribution is 1.91. The second-order valence-electron chi connectivity index (χ2n) is 2.56. The first-order valence-corrected chi connectivity index (χ1v) is 3.95. The summed E-state index contributed by atoms with van der Waals surface area (Å²) in [5, 5.41) is 7.05. The van der Waals surface area contributed by atoms with Gasteiger partial charge in [0.05, 0.1) is 11.8 Å². The van der Waals surface area contributed by atoms with Gasteiger partial charge in [0.25, 0.3) is 0 Å². The molecule has 0 aromatic carbocycles. The fraction of sp³-hybridized carbons (Fsp3) is 0.444. The zero-order valence-corrected chi connectivity index (χ0v) is 7.46. The summed E-state index contributed by atoms with van der Waals surface area (Å²) in [7, 11) is 3.81. The van der Waals surface area contributed by atoms with Crippen LogP contribution in [-0.4, -0.2) is 23.4 Å². The highest BCUT2D eigenvalue weighted by molar-refractivity contribution is 5.29. The highest BCUT2D eigenvalue weighted by atomic mass is 15.2. The number of rotatable bonds is 2. The Morgan fingerprint density at radius 1 is 1.67 bits per heavy atom. The predicted molar refractivity (Wildman–Crippen MR) is 48.6 cm³/mol. The van der Waals surface area contributed by atoms with Crippen molar-refractivity contribution in [2.24, 2.45) is 7.05 Å². The Labute approximate surface area is 72.8 Å². The van der Waals surface area contributed by atoms with Crippen LogP contribution in [0.2, 0.25) is 0 Å². The molecule has 1 aromatic rings. The lowest BCUT2D eigenvalue weighted by Crippen LogP contribution is -2.05. The fourth-order valence-electron chi connectivity index (χ4n) is 0.838.